The van der Waals surface area contributed by atoms with Crippen molar-refractivity contribution in [3.63, 3.8) is 0 Å². The predicted octanol–water partition coefficient (Wildman–Crippen LogP) is 3.85. The highest BCUT2D eigenvalue weighted by Crippen LogP contribution is 2.29. The van der Waals surface area contributed by atoms with Crippen LogP contribution in [0.5, 0.6) is 5.75 Å². The predicted molar refractivity (Wildman–Crippen MR) is 94.2 cm³/mol. The molecule has 0 spiro atoms. The van der Waals surface area contributed by atoms with E-state index in [9.17, 15) is 4.79 Å². The average Bonchev–Trinajstić information content (AvgIpc) is 2.56. The lowest BCUT2D eigenvalue weighted by Gasteiger charge is -2.22. The summed E-state index contributed by atoms with van der Waals surface area (Å²) in [5.41, 5.74) is 7.67. The first-order chi connectivity index (χ1) is 10.9. The molecule has 0 aliphatic carbocycles. The first-order valence-electron chi connectivity index (χ1n) is 7.42. The molecule has 4 nitrogen and oxygen atoms in total. The van der Waals surface area contributed by atoms with Gasteiger partial charge in [0.05, 0.1) is 23.4 Å². The van der Waals surface area contributed by atoms with Gasteiger partial charge in [-0.2, -0.15) is 0 Å². The SMILES string of the molecule is COc1cc(N)c(Cl)cc1C(=O)NC(C)C(C)c1ccccc1. The van der Waals surface area contributed by atoms with Crippen molar-refractivity contribution in [2.75, 3.05) is 12.8 Å². The van der Waals surface area contributed by atoms with E-state index in [2.05, 4.69) is 12.2 Å². The highest BCUT2D eigenvalue weighted by molar-refractivity contribution is 6.33. The maximum absolute atomic E-state index is 12.5. The van der Waals surface area contributed by atoms with E-state index < -0.39 is 0 Å². The van der Waals surface area contributed by atoms with Crippen LogP contribution in [0.15, 0.2) is 42.5 Å². The van der Waals surface area contributed by atoms with E-state index >= 15 is 0 Å². The molecule has 0 aromatic heterocycles. The Kier molecular flexibility index (Phi) is 5.50. The van der Waals surface area contributed by atoms with Crippen LogP contribution in [0, 0.1) is 0 Å². The molecule has 0 aliphatic heterocycles. The molecule has 0 aliphatic rings. The molecule has 122 valence electrons. The number of nitrogens with two attached hydrogens (primary N) is 1. The maximum atomic E-state index is 12.5. The fourth-order valence-corrected chi connectivity index (χ4v) is 2.53. The Labute approximate surface area is 141 Å². The van der Waals surface area contributed by atoms with Crippen molar-refractivity contribution < 1.29 is 9.53 Å². The molecule has 5 heteroatoms. The summed E-state index contributed by atoms with van der Waals surface area (Å²) in [7, 11) is 1.50. The summed E-state index contributed by atoms with van der Waals surface area (Å²) in [4.78, 5) is 12.5. The van der Waals surface area contributed by atoms with Gasteiger partial charge < -0.3 is 15.8 Å². The van der Waals surface area contributed by atoms with Crippen molar-refractivity contribution in [3.05, 3.63) is 58.6 Å². The van der Waals surface area contributed by atoms with Crippen LogP contribution in [-0.4, -0.2) is 19.1 Å². The summed E-state index contributed by atoms with van der Waals surface area (Å²) in [6.45, 7) is 4.05. The number of carbonyl (C=O) groups is 1. The van der Waals surface area contributed by atoms with Crippen molar-refractivity contribution >= 4 is 23.2 Å². The molecule has 0 fully saturated rings. The summed E-state index contributed by atoms with van der Waals surface area (Å²) in [6, 6.07) is 13.1. The number of halogens is 1. The van der Waals surface area contributed by atoms with Crippen LogP contribution in [0.2, 0.25) is 5.02 Å². The number of carbonyl (C=O) groups excluding carboxylic acids is 1. The van der Waals surface area contributed by atoms with Gasteiger partial charge in [0.1, 0.15) is 5.75 Å². The van der Waals surface area contributed by atoms with Crippen LogP contribution in [0.1, 0.15) is 35.7 Å². The number of ether oxygens (including phenoxy) is 1. The van der Waals surface area contributed by atoms with E-state index in [1.165, 1.54) is 18.7 Å². The molecule has 1 amide bonds. The van der Waals surface area contributed by atoms with Crippen molar-refractivity contribution in [1.82, 2.24) is 5.32 Å². The summed E-state index contributed by atoms with van der Waals surface area (Å²) in [6.07, 6.45) is 0. The summed E-state index contributed by atoms with van der Waals surface area (Å²) in [5, 5.41) is 3.33. The molecule has 0 saturated carbocycles. The molecule has 0 bridgehead atoms. The maximum Gasteiger partial charge on any atom is 0.255 e. The molecule has 2 atom stereocenters. The standard InChI is InChI=1S/C18H21ClN2O2/c1-11(13-7-5-4-6-8-13)12(2)21-18(22)14-9-15(19)16(20)10-17(14)23-3/h4-12H,20H2,1-3H3,(H,21,22). The Bertz CT molecular complexity index is 689. The van der Waals surface area contributed by atoms with Crippen LogP contribution in [0.25, 0.3) is 0 Å². The third-order valence-electron chi connectivity index (χ3n) is 4.00. The largest absolute Gasteiger partial charge is 0.496 e. The lowest BCUT2D eigenvalue weighted by molar-refractivity contribution is 0.0932. The normalized spacial score (nSPS) is 13.2. The fraction of sp³-hybridized carbons (Fsp3) is 0.278. The number of nitrogens with one attached hydrogen (secondary N) is 1. The molecule has 0 radical (unpaired) electrons. The molecular formula is C18H21ClN2O2. The molecule has 2 rings (SSSR count). The smallest absolute Gasteiger partial charge is 0.255 e. The number of methoxy groups -OCH3 is 1. The number of nitrogen functional groups attached to an aromatic ring is 1. The third kappa shape index (κ3) is 3.96. The lowest BCUT2D eigenvalue weighted by Crippen LogP contribution is -2.36. The molecule has 2 aromatic carbocycles. The van der Waals surface area contributed by atoms with E-state index in [0.717, 1.165) is 0 Å². The number of anilines is 1. The van der Waals surface area contributed by atoms with E-state index in [4.69, 9.17) is 22.1 Å². The first-order valence-corrected chi connectivity index (χ1v) is 7.80. The second-order valence-electron chi connectivity index (χ2n) is 5.54. The first kappa shape index (κ1) is 17.2. The summed E-state index contributed by atoms with van der Waals surface area (Å²) >= 11 is 6.02. The lowest BCUT2D eigenvalue weighted by atomic mass is 9.94. The fourth-order valence-electron chi connectivity index (χ4n) is 2.37. The Morgan fingerprint density at radius 3 is 2.48 bits per heavy atom. The topological polar surface area (TPSA) is 64.3 Å². The van der Waals surface area contributed by atoms with E-state index in [1.54, 1.807) is 6.07 Å². The van der Waals surface area contributed by atoms with Crippen LogP contribution in [-0.2, 0) is 0 Å². The van der Waals surface area contributed by atoms with Crippen molar-refractivity contribution in [1.29, 1.82) is 0 Å². The van der Waals surface area contributed by atoms with Gasteiger partial charge >= 0.3 is 0 Å². The van der Waals surface area contributed by atoms with Gasteiger partial charge in [-0.1, -0.05) is 48.9 Å². The third-order valence-corrected chi connectivity index (χ3v) is 4.32. The van der Waals surface area contributed by atoms with Gasteiger partial charge in [0, 0.05) is 18.0 Å². The Balaban J connectivity index is 2.17. The van der Waals surface area contributed by atoms with Gasteiger partial charge in [0.25, 0.3) is 5.91 Å². The van der Waals surface area contributed by atoms with Crippen molar-refractivity contribution in [2.24, 2.45) is 0 Å². The number of rotatable bonds is 5. The zero-order valence-corrected chi connectivity index (χ0v) is 14.2. The highest BCUT2D eigenvalue weighted by atomic mass is 35.5. The molecule has 2 unspecified atom stereocenters. The van der Waals surface area contributed by atoms with Crippen LogP contribution in [0.4, 0.5) is 5.69 Å². The van der Waals surface area contributed by atoms with Gasteiger partial charge in [0.15, 0.2) is 0 Å². The highest BCUT2D eigenvalue weighted by Gasteiger charge is 2.20. The average molecular weight is 333 g/mol. The number of amides is 1. The second kappa shape index (κ2) is 7.38. The minimum atomic E-state index is -0.237. The van der Waals surface area contributed by atoms with Crippen LogP contribution >= 0.6 is 11.6 Å². The van der Waals surface area contributed by atoms with Crippen molar-refractivity contribution in [3.8, 4) is 5.75 Å². The molecule has 0 heterocycles. The van der Waals surface area contributed by atoms with Gasteiger partial charge in [-0.15, -0.1) is 0 Å². The van der Waals surface area contributed by atoms with E-state index in [-0.39, 0.29) is 17.9 Å². The zero-order chi connectivity index (χ0) is 17.0. The van der Waals surface area contributed by atoms with Crippen LogP contribution in [0.3, 0.4) is 0 Å². The molecular weight excluding hydrogens is 312 g/mol. The summed E-state index contributed by atoms with van der Waals surface area (Å²) in [5.74, 6) is 0.346. The Morgan fingerprint density at radius 1 is 1.22 bits per heavy atom. The van der Waals surface area contributed by atoms with Gasteiger partial charge in [0.2, 0.25) is 0 Å². The Morgan fingerprint density at radius 2 is 1.87 bits per heavy atom. The monoisotopic (exact) mass is 332 g/mol. The number of benzene rings is 2. The minimum absolute atomic E-state index is 0.0501. The van der Waals surface area contributed by atoms with E-state index in [0.29, 0.717) is 22.0 Å². The summed E-state index contributed by atoms with van der Waals surface area (Å²) < 4.78 is 5.23. The molecule has 3 N–H and O–H groups in total. The quantitative estimate of drug-likeness (QED) is 0.817. The van der Waals surface area contributed by atoms with Crippen molar-refractivity contribution in [2.45, 2.75) is 25.8 Å². The van der Waals surface area contributed by atoms with Gasteiger partial charge in [-0.05, 0) is 18.6 Å². The van der Waals surface area contributed by atoms with Crippen LogP contribution < -0.4 is 15.8 Å². The van der Waals surface area contributed by atoms with Gasteiger partial charge in [-0.25, -0.2) is 0 Å². The number of hydrogen-bond donors (Lipinski definition) is 2. The number of hydrogen-bond acceptors (Lipinski definition) is 3. The molecule has 2 aromatic rings. The second-order valence-corrected chi connectivity index (χ2v) is 5.94. The van der Waals surface area contributed by atoms with Gasteiger partial charge in [-0.3, -0.25) is 4.79 Å². The molecule has 0 saturated heterocycles. The minimum Gasteiger partial charge on any atom is -0.496 e. The van der Waals surface area contributed by atoms with E-state index in [1.807, 2.05) is 37.3 Å². The molecule has 23 heavy (non-hydrogen) atoms. The zero-order valence-electron chi connectivity index (χ0n) is 13.5. The Hall–Kier alpha value is -2.20.